The monoisotopic (exact) mass is 310 g/mol. The highest BCUT2D eigenvalue weighted by Gasteiger charge is 2.27. The quantitative estimate of drug-likeness (QED) is 0.645. The van der Waals surface area contributed by atoms with E-state index >= 15 is 0 Å². The third-order valence-corrected chi connectivity index (χ3v) is 4.42. The minimum absolute atomic E-state index is 0.353. The molecule has 1 N–H and O–H groups in total. The highest BCUT2D eigenvalue weighted by Crippen LogP contribution is 2.24. The fourth-order valence-electron chi connectivity index (χ4n) is 1.89. The standard InChI is InChI=1S/C12H14N4O4S/c1-2-12(15-8-7-13-9-15)14-21(19,20)11-6-4-3-5-10(11)16(17)18/h3-9,12,14H,2H2,1H3. The molecule has 21 heavy (non-hydrogen) atoms. The molecule has 0 aliphatic carbocycles. The summed E-state index contributed by atoms with van der Waals surface area (Å²) in [6, 6.07) is 5.23. The predicted octanol–water partition coefficient (Wildman–Crippen LogP) is 1.68. The van der Waals surface area contributed by atoms with E-state index in [1.54, 1.807) is 17.7 Å². The topological polar surface area (TPSA) is 107 Å². The van der Waals surface area contributed by atoms with E-state index in [2.05, 4.69) is 9.71 Å². The lowest BCUT2D eigenvalue weighted by Crippen LogP contribution is -2.32. The van der Waals surface area contributed by atoms with Crippen LogP contribution in [0.3, 0.4) is 0 Å². The van der Waals surface area contributed by atoms with Gasteiger partial charge in [-0.3, -0.25) is 10.1 Å². The van der Waals surface area contributed by atoms with Crippen LogP contribution in [0.4, 0.5) is 5.69 Å². The molecule has 9 heteroatoms. The lowest BCUT2D eigenvalue weighted by molar-refractivity contribution is -0.387. The first kappa shape index (κ1) is 15.1. The lowest BCUT2D eigenvalue weighted by Gasteiger charge is -2.18. The molecule has 1 unspecified atom stereocenters. The maximum absolute atomic E-state index is 12.4. The Hall–Kier alpha value is -2.26. The molecule has 0 saturated heterocycles. The number of nitro groups is 1. The summed E-state index contributed by atoms with van der Waals surface area (Å²) in [5.41, 5.74) is -0.453. The minimum atomic E-state index is -4.01. The molecule has 0 fully saturated rings. The second-order valence-corrected chi connectivity index (χ2v) is 5.96. The molecule has 2 aromatic rings. The van der Waals surface area contributed by atoms with Gasteiger partial charge >= 0.3 is 0 Å². The average Bonchev–Trinajstić information content (AvgIpc) is 2.99. The van der Waals surface area contributed by atoms with E-state index in [9.17, 15) is 18.5 Å². The summed E-state index contributed by atoms with van der Waals surface area (Å²) in [4.78, 5) is 13.7. The van der Waals surface area contributed by atoms with Crippen LogP contribution in [-0.4, -0.2) is 22.9 Å². The molecule has 0 spiro atoms. The van der Waals surface area contributed by atoms with Gasteiger partial charge in [0, 0.05) is 18.5 Å². The second kappa shape index (κ2) is 6.02. The minimum Gasteiger partial charge on any atom is -0.320 e. The Bertz CT molecular complexity index is 727. The molecule has 0 bridgehead atoms. The largest absolute Gasteiger partial charge is 0.320 e. The molecule has 1 aromatic carbocycles. The number of para-hydroxylation sites is 1. The lowest BCUT2D eigenvalue weighted by atomic mass is 10.3. The summed E-state index contributed by atoms with van der Waals surface area (Å²) in [6.45, 7) is 1.80. The number of nitro benzene ring substituents is 1. The first-order valence-corrected chi connectivity index (χ1v) is 7.67. The van der Waals surface area contributed by atoms with Crippen molar-refractivity contribution in [2.75, 3.05) is 0 Å². The van der Waals surface area contributed by atoms with Gasteiger partial charge in [-0.15, -0.1) is 0 Å². The van der Waals surface area contributed by atoms with Gasteiger partial charge in [-0.05, 0) is 12.5 Å². The van der Waals surface area contributed by atoms with Crippen LogP contribution in [0.1, 0.15) is 19.5 Å². The zero-order chi connectivity index (χ0) is 15.5. The van der Waals surface area contributed by atoms with Crippen molar-refractivity contribution in [3.05, 3.63) is 53.1 Å². The van der Waals surface area contributed by atoms with Gasteiger partial charge in [0.15, 0.2) is 4.90 Å². The number of nitrogens with one attached hydrogen (secondary N) is 1. The predicted molar refractivity (Wildman–Crippen MR) is 75.0 cm³/mol. The van der Waals surface area contributed by atoms with Gasteiger partial charge < -0.3 is 4.57 Å². The third kappa shape index (κ3) is 3.26. The van der Waals surface area contributed by atoms with Crippen LogP contribution < -0.4 is 4.72 Å². The summed E-state index contributed by atoms with van der Waals surface area (Å²) in [5.74, 6) is 0. The smallest absolute Gasteiger partial charge is 0.289 e. The summed E-state index contributed by atoms with van der Waals surface area (Å²) in [7, 11) is -4.01. The van der Waals surface area contributed by atoms with Crippen LogP contribution >= 0.6 is 0 Å². The van der Waals surface area contributed by atoms with Crippen molar-refractivity contribution in [1.82, 2.24) is 14.3 Å². The summed E-state index contributed by atoms with van der Waals surface area (Å²) < 4.78 is 28.8. The Morgan fingerprint density at radius 2 is 2.14 bits per heavy atom. The van der Waals surface area contributed by atoms with Crippen molar-refractivity contribution in [1.29, 1.82) is 0 Å². The maximum Gasteiger partial charge on any atom is 0.289 e. The summed E-state index contributed by atoms with van der Waals surface area (Å²) >= 11 is 0. The van der Waals surface area contributed by atoms with E-state index in [1.165, 1.54) is 30.7 Å². The van der Waals surface area contributed by atoms with Crippen molar-refractivity contribution in [3.63, 3.8) is 0 Å². The number of aromatic nitrogens is 2. The SMILES string of the molecule is CCC(NS(=O)(=O)c1ccccc1[N+](=O)[O-])n1ccnc1. The average molecular weight is 310 g/mol. The van der Waals surface area contributed by atoms with Gasteiger partial charge in [0.1, 0.15) is 0 Å². The first-order valence-electron chi connectivity index (χ1n) is 6.19. The van der Waals surface area contributed by atoms with Crippen molar-refractivity contribution in [2.24, 2.45) is 0 Å². The fraction of sp³-hybridized carbons (Fsp3) is 0.250. The molecule has 1 aromatic heterocycles. The van der Waals surface area contributed by atoms with Crippen molar-refractivity contribution >= 4 is 15.7 Å². The van der Waals surface area contributed by atoms with Gasteiger partial charge in [0.25, 0.3) is 5.69 Å². The number of benzene rings is 1. The van der Waals surface area contributed by atoms with Crippen molar-refractivity contribution < 1.29 is 13.3 Å². The highest BCUT2D eigenvalue weighted by atomic mass is 32.2. The number of sulfonamides is 1. The normalized spacial score (nSPS) is 13.0. The van der Waals surface area contributed by atoms with Crippen LogP contribution in [0.2, 0.25) is 0 Å². The van der Waals surface area contributed by atoms with Crippen LogP contribution in [0.15, 0.2) is 47.9 Å². The molecule has 0 aliphatic rings. The van der Waals surface area contributed by atoms with Gasteiger partial charge in [0.05, 0.1) is 17.4 Å². The molecule has 0 saturated carbocycles. The maximum atomic E-state index is 12.4. The van der Waals surface area contributed by atoms with E-state index in [4.69, 9.17) is 0 Å². The zero-order valence-corrected chi connectivity index (χ0v) is 12.0. The van der Waals surface area contributed by atoms with E-state index < -0.39 is 26.8 Å². The number of rotatable bonds is 6. The number of nitrogens with zero attached hydrogens (tertiary/aromatic N) is 3. The van der Waals surface area contributed by atoms with Gasteiger partial charge in [-0.2, -0.15) is 4.72 Å². The molecule has 8 nitrogen and oxygen atoms in total. The van der Waals surface area contributed by atoms with Crippen LogP contribution in [0.25, 0.3) is 0 Å². The number of imidazole rings is 1. The Kier molecular flexibility index (Phi) is 4.34. The van der Waals surface area contributed by atoms with Gasteiger partial charge in [0.2, 0.25) is 10.0 Å². The first-order chi connectivity index (χ1) is 9.95. The van der Waals surface area contributed by atoms with Crippen molar-refractivity contribution in [2.45, 2.75) is 24.4 Å². The molecule has 1 atom stereocenters. The Balaban J connectivity index is 2.37. The summed E-state index contributed by atoms with van der Waals surface area (Å²) in [5, 5.41) is 11.0. The van der Waals surface area contributed by atoms with Crippen LogP contribution in [-0.2, 0) is 10.0 Å². The molecular formula is C12H14N4O4S. The van der Waals surface area contributed by atoms with Gasteiger partial charge in [-0.25, -0.2) is 13.4 Å². The highest BCUT2D eigenvalue weighted by molar-refractivity contribution is 7.89. The van der Waals surface area contributed by atoms with Gasteiger partial charge in [-0.1, -0.05) is 19.1 Å². The summed E-state index contributed by atoms with van der Waals surface area (Å²) in [6.07, 6.45) is 4.54. The molecular weight excluding hydrogens is 296 g/mol. The molecule has 112 valence electrons. The van der Waals surface area contributed by atoms with Crippen LogP contribution in [0, 0.1) is 10.1 Å². The molecule has 0 radical (unpaired) electrons. The third-order valence-electron chi connectivity index (χ3n) is 2.91. The van der Waals surface area contributed by atoms with Crippen molar-refractivity contribution in [3.8, 4) is 0 Å². The van der Waals surface area contributed by atoms with E-state index in [1.807, 2.05) is 0 Å². The Morgan fingerprint density at radius 3 is 2.71 bits per heavy atom. The molecule has 0 amide bonds. The number of hydrogen-bond acceptors (Lipinski definition) is 5. The van der Waals surface area contributed by atoms with E-state index in [0.717, 1.165) is 6.07 Å². The second-order valence-electron chi connectivity index (χ2n) is 4.28. The number of hydrogen-bond donors (Lipinski definition) is 1. The van der Waals surface area contributed by atoms with Crippen LogP contribution in [0.5, 0.6) is 0 Å². The molecule has 0 aliphatic heterocycles. The molecule has 2 rings (SSSR count). The van der Waals surface area contributed by atoms with E-state index in [-0.39, 0.29) is 4.90 Å². The zero-order valence-electron chi connectivity index (χ0n) is 11.2. The fourth-order valence-corrected chi connectivity index (χ4v) is 3.34. The Morgan fingerprint density at radius 1 is 1.43 bits per heavy atom. The van der Waals surface area contributed by atoms with E-state index in [0.29, 0.717) is 6.42 Å². The molecule has 1 heterocycles. The Labute approximate surface area is 121 Å².